The second kappa shape index (κ2) is 5.09. The van der Waals surface area contributed by atoms with Crippen molar-refractivity contribution >= 4 is 23.4 Å². The average molecular weight is 241 g/mol. The Kier molecular flexibility index (Phi) is 4.04. The summed E-state index contributed by atoms with van der Waals surface area (Å²) in [5, 5.41) is 11.3. The Bertz CT molecular complexity index is 442. The summed E-state index contributed by atoms with van der Waals surface area (Å²) in [6.45, 7) is 3.65. The van der Waals surface area contributed by atoms with E-state index in [4.69, 9.17) is 17.3 Å². The molecule has 5 heteroatoms. The average Bonchev–Trinajstić information content (AvgIpc) is 2.16. The summed E-state index contributed by atoms with van der Waals surface area (Å²) < 4.78 is 0. The Morgan fingerprint density at radius 2 is 2.25 bits per heavy atom. The maximum absolute atomic E-state index is 10.8. The number of hydrogen-bond donors (Lipinski definition) is 1. The van der Waals surface area contributed by atoms with Crippen molar-refractivity contribution in [1.82, 2.24) is 0 Å². The lowest BCUT2D eigenvalue weighted by Gasteiger charge is -2.05. The molecule has 0 aliphatic heterocycles. The van der Waals surface area contributed by atoms with Crippen LogP contribution in [0.25, 0.3) is 6.08 Å². The van der Waals surface area contributed by atoms with Gasteiger partial charge >= 0.3 is 0 Å². The fourth-order valence-corrected chi connectivity index (χ4v) is 1.36. The van der Waals surface area contributed by atoms with Crippen molar-refractivity contribution < 1.29 is 4.92 Å². The van der Waals surface area contributed by atoms with Crippen LogP contribution in [0.15, 0.2) is 23.8 Å². The number of halogens is 1. The lowest BCUT2D eigenvalue weighted by molar-refractivity contribution is -0.385. The van der Waals surface area contributed by atoms with E-state index in [-0.39, 0.29) is 11.7 Å². The van der Waals surface area contributed by atoms with E-state index in [0.717, 1.165) is 5.57 Å². The third-order valence-corrected chi connectivity index (χ3v) is 2.52. The first kappa shape index (κ1) is 12.7. The Labute approximate surface area is 98.9 Å². The molecular weight excluding hydrogens is 228 g/mol. The molecule has 0 saturated carbocycles. The quantitative estimate of drug-likeness (QED) is 0.652. The summed E-state index contributed by atoms with van der Waals surface area (Å²) in [6, 6.07) is 4.31. The van der Waals surface area contributed by atoms with Gasteiger partial charge in [0.2, 0.25) is 0 Å². The molecule has 1 aromatic rings. The van der Waals surface area contributed by atoms with Crippen LogP contribution < -0.4 is 5.73 Å². The molecule has 4 nitrogen and oxygen atoms in total. The fraction of sp³-hybridized carbons (Fsp3) is 0.273. The van der Waals surface area contributed by atoms with Gasteiger partial charge in [-0.1, -0.05) is 17.2 Å². The Morgan fingerprint density at radius 1 is 1.62 bits per heavy atom. The Morgan fingerprint density at radius 3 is 2.75 bits per heavy atom. The van der Waals surface area contributed by atoms with Crippen molar-refractivity contribution in [3.05, 3.63) is 44.5 Å². The van der Waals surface area contributed by atoms with Gasteiger partial charge in [-0.05, 0) is 32.1 Å². The molecule has 16 heavy (non-hydrogen) atoms. The van der Waals surface area contributed by atoms with Gasteiger partial charge in [0.15, 0.2) is 0 Å². The molecular formula is C11H13ClN2O2. The summed E-state index contributed by atoms with van der Waals surface area (Å²) in [6.07, 6.45) is 1.69. The van der Waals surface area contributed by atoms with E-state index < -0.39 is 4.92 Å². The van der Waals surface area contributed by atoms with Gasteiger partial charge in [-0.25, -0.2) is 0 Å². The maximum Gasteiger partial charge on any atom is 0.276 e. The number of rotatable bonds is 3. The van der Waals surface area contributed by atoms with E-state index in [1.807, 2.05) is 13.8 Å². The van der Waals surface area contributed by atoms with Crippen molar-refractivity contribution in [2.75, 3.05) is 0 Å². The molecule has 0 amide bonds. The van der Waals surface area contributed by atoms with Crippen LogP contribution >= 0.6 is 11.6 Å². The lowest BCUT2D eigenvalue weighted by atomic mass is 10.1. The van der Waals surface area contributed by atoms with Crippen molar-refractivity contribution in [1.29, 1.82) is 0 Å². The minimum atomic E-state index is -0.434. The number of nitro groups is 1. The standard InChI is InChI=1S/C11H13ClN2O2/c1-7(8(2)13)5-9-6-10(12)3-4-11(9)14(15)16/h3-6,8H,13H2,1-2H3/b7-5+. The number of hydrogen-bond acceptors (Lipinski definition) is 3. The molecule has 0 aliphatic rings. The van der Waals surface area contributed by atoms with Crippen LogP contribution in [0.3, 0.4) is 0 Å². The normalized spacial score (nSPS) is 13.6. The van der Waals surface area contributed by atoms with Gasteiger partial charge < -0.3 is 5.73 Å². The molecule has 0 radical (unpaired) electrons. The van der Waals surface area contributed by atoms with Crippen LogP contribution in [0, 0.1) is 10.1 Å². The Hall–Kier alpha value is -1.39. The van der Waals surface area contributed by atoms with Gasteiger partial charge in [0.05, 0.1) is 10.5 Å². The van der Waals surface area contributed by atoms with E-state index in [1.165, 1.54) is 12.1 Å². The van der Waals surface area contributed by atoms with Gasteiger partial charge in [0.1, 0.15) is 0 Å². The zero-order valence-electron chi connectivity index (χ0n) is 9.11. The topological polar surface area (TPSA) is 69.2 Å². The highest BCUT2D eigenvalue weighted by Crippen LogP contribution is 2.25. The van der Waals surface area contributed by atoms with Crippen LogP contribution in [0.4, 0.5) is 5.69 Å². The second-order valence-corrected chi connectivity index (χ2v) is 4.07. The molecule has 2 N–H and O–H groups in total. The molecule has 1 aromatic carbocycles. The number of nitro benzene ring substituents is 1. The SMILES string of the molecule is C/C(=C\c1cc(Cl)ccc1[N+](=O)[O-])C(C)N. The predicted molar refractivity (Wildman–Crippen MR) is 65.4 cm³/mol. The van der Waals surface area contributed by atoms with Crippen LogP contribution in [-0.4, -0.2) is 11.0 Å². The van der Waals surface area contributed by atoms with Crippen LogP contribution in [0.2, 0.25) is 5.02 Å². The number of benzene rings is 1. The zero-order valence-corrected chi connectivity index (χ0v) is 9.86. The highest BCUT2D eigenvalue weighted by Gasteiger charge is 2.12. The molecule has 0 saturated heterocycles. The molecule has 0 heterocycles. The summed E-state index contributed by atoms with van der Waals surface area (Å²) in [5.41, 5.74) is 7.05. The molecule has 1 unspecified atom stereocenters. The van der Waals surface area contributed by atoms with Crippen molar-refractivity contribution in [2.45, 2.75) is 19.9 Å². The summed E-state index contributed by atoms with van der Waals surface area (Å²) >= 11 is 5.80. The molecule has 0 bridgehead atoms. The molecule has 86 valence electrons. The first-order valence-electron chi connectivity index (χ1n) is 4.79. The minimum absolute atomic E-state index is 0.0319. The first-order chi connectivity index (χ1) is 7.41. The van der Waals surface area contributed by atoms with E-state index in [1.54, 1.807) is 12.1 Å². The van der Waals surface area contributed by atoms with Crippen LogP contribution in [0.1, 0.15) is 19.4 Å². The van der Waals surface area contributed by atoms with E-state index >= 15 is 0 Å². The van der Waals surface area contributed by atoms with Gasteiger partial charge in [-0.2, -0.15) is 0 Å². The smallest absolute Gasteiger partial charge is 0.276 e. The van der Waals surface area contributed by atoms with Gasteiger partial charge in [0.25, 0.3) is 5.69 Å². The van der Waals surface area contributed by atoms with Crippen LogP contribution in [-0.2, 0) is 0 Å². The minimum Gasteiger partial charge on any atom is -0.324 e. The molecule has 1 atom stereocenters. The molecule has 0 fully saturated rings. The zero-order chi connectivity index (χ0) is 12.3. The highest BCUT2D eigenvalue weighted by atomic mass is 35.5. The van der Waals surface area contributed by atoms with E-state index in [9.17, 15) is 10.1 Å². The molecule has 0 aliphatic carbocycles. The van der Waals surface area contributed by atoms with Gasteiger partial charge in [0, 0.05) is 17.1 Å². The number of nitrogens with zero attached hydrogens (tertiary/aromatic N) is 1. The monoisotopic (exact) mass is 240 g/mol. The number of nitrogens with two attached hydrogens (primary N) is 1. The molecule has 1 rings (SSSR count). The highest BCUT2D eigenvalue weighted by molar-refractivity contribution is 6.30. The first-order valence-corrected chi connectivity index (χ1v) is 5.17. The van der Waals surface area contributed by atoms with Crippen molar-refractivity contribution in [3.8, 4) is 0 Å². The van der Waals surface area contributed by atoms with Gasteiger partial charge in [-0.15, -0.1) is 0 Å². The molecule has 0 aromatic heterocycles. The Balaban J connectivity index is 3.25. The third kappa shape index (κ3) is 3.05. The largest absolute Gasteiger partial charge is 0.324 e. The summed E-state index contributed by atoms with van der Waals surface area (Å²) in [4.78, 5) is 10.4. The van der Waals surface area contributed by atoms with Crippen LogP contribution in [0.5, 0.6) is 0 Å². The third-order valence-electron chi connectivity index (χ3n) is 2.29. The van der Waals surface area contributed by atoms with Crippen molar-refractivity contribution in [3.63, 3.8) is 0 Å². The maximum atomic E-state index is 10.8. The second-order valence-electron chi connectivity index (χ2n) is 3.64. The molecule has 0 spiro atoms. The van der Waals surface area contributed by atoms with E-state index in [0.29, 0.717) is 10.6 Å². The van der Waals surface area contributed by atoms with Crippen molar-refractivity contribution in [2.24, 2.45) is 5.73 Å². The lowest BCUT2D eigenvalue weighted by Crippen LogP contribution is -2.15. The summed E-state index contributed by atoms with van der Waals surface area (Å²) in [7, 11) is 0. The summed E-state index contributed by atoms with van der Waals surface area (Å²) in [5.74, 6) is 0. The van der Waals surface area contributed by atoms with Gasteiger partial charge in [-0.3, -0.25) is 10.1 Å². The fourth-order valence-electron chi connectivity index (χ4n) is 1.18. The predicted octanol–water partition coefficient (Wildman–Crippen LogP) is 3.00. The van der Waals surface area contributed by atoms with E-state index in [2.05, 4.69) is 0 Å².